The Morgan fingerprint density at radius 1 is 0.450 bits per heavy atom. The third-order valence-electron chi connectivity index (χ3n) is 4.05. The van der Waals surface area contributed by atoms with E-state index in [0.717, 1.165) is 27.9 Å². The molecule has 0 heterocycles. The molecule has 0 aromatic heterocycles. The van der Waals surface area contributed by atoms with Gasteiger partial charge in [-0.05, 0) is 0 Å². The zero-order chi connectivity index (χ0) is 13.8. The average molecular weight is 266 g/mol. The Morgan fingerprint density at radius 3 is 0.950 bits per heavy atom. The molecule has 3 aromatic carbocycles. The van der Waals surface area contributed by atoms with Crippen molar-refractivity contribution in [1.82, 2.24) is 0 Å². The molecule has 0 aliphatic heterocycles. The molecule has 3 rings (SSSR count). The van der Waals surface area contributed by atoms with E-state index in [9.17, 15) is 0 Å². The van der Waals surface area contributed by atoms with E-state index in [0.29, 0.717) is 0 Å². The average Bonchev–Trinajstić information content (AvgIpc) is 2.56. The molecular formula is C19H15Na. The first-order chi connectivity index (χ1) is 9.82. The molecule has 0 unspecified atom stereocenters. The number of rotatable bonds is 3. The van der Waals surface area contributed by atoms with Crippen molar-refractivity contribution in [2.24, 2.45) is 0 Å². The fourth-order valence-electron chi connectivity index (χ4n) is 2.81. The van der Waals surface area contributed by atoms with Gasteiger partial charge in [0.15, 0.2) is 0 Å². The van der Waals surface area contributed by atoms with Gasteiger partial charge in [-0.15, -0.1) is 0 Å². The van der Waals surface area contributed by atoms with Gasteiger partial charge in [-0.2, -0.15) is 0 Å². The summed E-state index contributed by atoms with van der Waals surface area (Å²) in [6.45, 7) is 0. The van der Waals surface area contributed by atoms with Gasteiger partial charge in [-0.3, -0.25) is 0 Å². The van der Waals surface area contributed by atoms with E-state index < -0.39 is 0 Å². The van der Waals surface area contributed by atoms with Crippen molar-refractivity contribution in [3.05, 3.63) is 108 Å². The third-order valence-corrected chi connectivity index (χ3v) is 5.79. The van der Waals surface area contributed by atoms with Crippen LogP contribution in [-0.2, 0) is 2.66 Å². The van der Waals surface area contributed by atoms with Crippen molar-refractivity contribution in [3.8, 4) is 0 Å². The van der Waals surface area contributed by atoms with E-state index in [2.05, 4.69) is 91.0 Å². The van der Waals surface area contributed by atoms with Crippen LogP contribution in [0.2, 0.25) is 0 Å². The van der Waals surface area contributed by atoms with Gasteiger partial charge in [0.05, 0.1) is 0 Å². The summed E-state index contributed by atoms with van der Waals surface area (Å²) in [7, 11) is 0. The van der Waals surface area contributed by atoms with Crippen LogP contribution in [0.25, 0.3) is 0 Å². The van der Waals surface area contributed by atoms with Crippen LogP contribution in [0.1, 0.15) is 16.7 Å². The van der Waals surface area contributed by atoms with Gasteiger partial charge < -0.3 is 0 Å². The Kier molecular flexibility index (Phi) is 4.07. The van der Waals surface area contributed by atoms with Crippen molar-refractivity contribution in [2.75, 3.05) is 0 Å². The van der Waals surface area contributed by atoms with Crippen LogP contribution < -0.4 is 0 Å². The summed E-state index contributed by atoms with van der Waals surface area (Å²) in [4.78, 5) is 0. The predicted molar refractivity (Wildman–Crippen MR) is 85.0 cm³/mol. The monoisotopic (exact) mass is 266 g/mol. The van der Waals surface area contributed by atoms with Gasteiger partial charge in [0.1, 0.15) is 0 Å². The zero-order valence-corrected chi connectivity index (χ0v) is 13.7. The summed E-state index contributed by atoms with van der Waals surface area (Å²) in [5, 5.41) is 0. The van der Waals surface area contributed by atoms with E-state index in [1.165, 1.54) is 16.7 Å². The van der Waals surface area contributed by atoms with Crippen LogP contribution in [0.4, 0.5) is 0 Å². The Morgan fingerprint density at radius 2 is 0.700 bits per heavy atom. The second-order valence-corrected chi connectivity index (χ2v) is 6.72. The molecule has 0 aliphatic rings. The molecule has 1 heteroatoms. The second kappa shape index (κ2) is 5.97. The maximum absolute atomic E-state index is 2.24. The number of hydrogen-bond donors (Lipinski definition) is 0. The standard InChI is InChI=1S/C19H15.Na/c1-4-10-16(11-5-1)19(17-12-6-2-7-13-17)18-14-8-3-9-15-18;/h1-15H;. The molecule has 0 saturated heterocycles. The van der Waals surface area contributed by atoms with Crippen LogP contribution in [0, 0.1) is 0 Å². The molecule has 0 saturated carbocycles. The van der Waals surface area contributed by atoms with Crippen LogP contribution in [0.3, 0.4) is 0 Å². The van der Waals surface area contributed by atoms with Crippen LogP contribution in [-0.4, -0.2) is 27.9 Å². The molecule has 92 valence electrons. The molecule has 0 radical (unpaired) electrons. The van der Waals surface area contributed by atoms with E-state index in [4.69, 9.17) is 0 Å². The Balaban J connectivity index is 2.24. The number of hydrogen-bond acceptors (Lipinski definition) is 0. The van der Waals surface area contributed by atoms with Crippen molar-refractivity contribution in [1.29, 1.82) is 0 Å². The van der Waals surface area contributed by atoms with Crippen LogP contribution in [0.15, 0.2) is 91.0 Å². The summed E-state index contributed by atoms with van der Waals surface area (Å²) in [5.74, 6) is 0. The van der Waals surface area contributed by atoms with Crippen molar-refractivity contribution in [3.63, 3.8) is 0 Å². The van der Waals surface area contributed by atoms with Crippen molar-refractivity contribution in [2.45, 2.75) is 2.66 Å². The van der Waals surface area contributed by atoms with Gasteiger partial charge in [0.2, 0.25) is 0 Å². The molecule has 0 atom stereocenters. The second-order valence-electron chi connectivity index (χ2n) is 5.22. The molecule has 3 aromatic rings. The SMILES string of the molecule is [Na][C](c1ccccc1)(c1ccccc1)c1ccccc1. The summed E-state index contributed by atoms with van der Waals surface area (Å²) in [6.07, 6.45) is 0. The molecule has 0 fully saturated rings. The summed E-state index contributed by atoms with van der Waals surface area (Å²) in [6, 6.07) is 32.5. The topological polar surface area (TPSA) is 0 Å². The van der Waals surface area contributed by atoms with Gasteiger partial charge in [-0.1, -0.05) is 0 Å². The first kappa shape index (κ1) is 13.6. The third kappa shape index (κ3) is 2.47. The van der Waals surface area contributed by atoms with Crippen molar-refractivity contribution < 1.29 is 0 Å². The fraction of sp³-hybridized carbons (Fsp3) is 0.0526. The normalized spacial score (nSPS) is 11.3. The number of benzene rings is 3. The minimum absolute atomic E-state index is 0.0176. The molecule has 20 heavy (non-hydrogen) atoms. The van der Waals surface area contributed by atoms with E-state index >= 15 is 0 Å². The van der Waals surface area contributed by atoms with Gasteiger partial charge in [-0.25, -0.2) is 0 Å². The fourth-order valence-corrected chi connectivity index (χ4v) is 3.81. The first-order valence-electron chi connectivity index (χ1n) is 6.98. The summed E-state index contributed by atoms with van der Waals surface area (Å²) in [5.41, 5.74) is 4.14. The Bertz CT molecular complexity index is 563. The summed E-state index contributed by atoms with van der Waals surface area (Å²) >= 11 is 1.03. The summed E-state index contributed by atoms with van der Waals surface area (Å²) < 4.78 is 0.0176. The van der Waals surface area contributed by atoms with Gasteiger partial charge >= 0.3 is 138 Å². The first-order valence-corrected chi connectivity index (χ1v) is 7.98. The molecule has 0 nitrogen and oxygen atoms in total. The molecule has 0 amide bonds. The van der Waals surface area contributed by atoms with Crippen LogP contribution >= 0.6 is 0 Å². The van der Waals surface area contributed by atoms with E-state index in [-0.39, 0.29) is 2.66 Å². The Hall–Kier alpha value is -1.34. The van der Waals surface area contributed by atoms with Gasteiger partial charge in [0, 0.05) is 0 Å². The minimum atomic E-state index is 0.0176. The van der Waals surface area contributed by atoms with Crippen molar-refractivity contribution >= 4 is 27.9 Å². The molecule has 0 spiro atoms. The molecule has 0 N–H and O–H groups in total. The van der Waals surface area contributed by atoms with E-state index in [1.807, 2.05) is 0 Å². The van der Waals surface area contributed by atoms with Crippen LogP contribution in [0.5, 0.6) is 0 Å². The quantitative estimate of drug-likeness (QED) is 0.493. The predicted octanol–water partition coefficient (Wildman–Crippen LogP) is 4.15. The van der Waals surface area contributed by atoms with E-state index in [1.54, 1.807) is 0 Å². The Labute approximate surface area is 137 Å². The molecule has 0 aliphatic carbocycles. The zero-order valence-electron chi connectivity index (χ0n) is 11.7. The maximum atomic E-state index is 2.24. The molecule has 0 bridgehead atoms. The molecular weight excluding hydrogens is 251 g/mol. The van der Waals surface area contributed by atoms with Gasteiger partial charge in [0.25, 0.3) is 0 Å².